The molecule has 0 saturated heterocycles. The summed E-state index contributed by atoms with van der Waals surface area (Å²) in [6, 6.07) is 6.52. The first-order valence-electron chi connectivity index (χ1n) is 5.66. The van der Waals surface area contributed by atoms with Gasteiger partial charge in [0.2, 0.25) is 0 Å². The summed E-state index contributed by atoms with van der Waals surface area (Å²) in [5, 5.41) is 16.6. The minimum absolute atomic E-state index is 0.0604. The van der Waals surface area contributed by atoms with Crippen LogP contribution in [0.25, 0.3) is 0 Å². The van der Waals surface area contributed by atoms with Gasteiger partial charge < -0.3 is 0 Å². The van der Waals surface area contributed by atoms with E-state index in [-0.39, 0.29) is 10.7 Å². The van der Waals surface area contributed by atoms with Crippen molar-refractivity contribution >= 4 is 15.7 Å². The zero-order chi connectivity index (χ0) is 14.8. The van der Waals surface area contributed by atoms with Gasteiger partial charge in [0.15, 0.2) is 5.03 Å². The van der Waals surface area contributed by atoms with Gasteiger partial charge in [0.05, 0.1) is 11.1 Å². The van der Waals surface area contributed by atoms with Gasteiger partial charge in [0.1, 0.15) is 0 Å². The lowest BCUT2D eigenvalue weighted by Crippen LogP contribution is -2.27. The number of aromatic amines is 1. The molecule has 1 aromatic carbocycles. The largest absolute Gasteiger partial charge is 0.269 e. The summed E-state index contributed by atoms with van der Waals surface area (Å²) in [6.07, 6.45) is 1.33. The molecule has 0 spiro atoms. The van der Waals surface area contributed by atoms with Crippen LogP contribution < -0.4 is 4.72 Å². The van der Waals surface area contributed by atoms with E-state index in [1.807, 2.05) is 0 Å². The third-order valence-electron chi connectivity index (χ3n) is 2.68. The number of H-pyrrole nitrogens is 1. The number of nitro benzene ring substituents is 1. The highest BCUT2D eigenvalue weighted by atomic mass is 32.2. The summed E-state index contributed by atoms with van der Waals surface area (Å²) in [4.78, 5) is 10.2. The Hall–Kier alpha value is -2.26. The average Bonchev–Trinajstić information content (AvgIpc) is 2.93. The number of nitro groups is 1. The third kappa shape index (κ3) is 3.00. The van der Waals surface area contributed by atoms with E-state index in [4.69, 9.17) is 0 Å². The highest BCUT2D eigenvalue weighted by molar-refractivity contribution is 7.89. The Bertz CT molecular complexity index is 712. The lowest BCUT2D eigenvalue weighted by Gasteiger charge is -2.13. The monoisotopic (exact) mass is 296 g/mol. The normalized spacial score (nSPS) is 13.1. The van der Waals surface area contributed by atoms with Gasteiger partial charge >= 0.3 is 0 Å². The second-order valence-corrected chi connectivity index (χ2v) is 5.80. The SMILES string of the molecule is CC(NS(=O)(=O)c1ccn[nH]1)c1cccc([N+](=O)[O-])c1. The Labute approximate surface area is 115 Å². The Balaban J connectivity index is 2.22. The van der Waals surface area contributed by atoms with Crippen LogP contribution in [0.2, 0.25) is 0 Å². The Morgan fingerprint density at radius 2 is 2.15 bits per heavy atom. The molecule has 9 heteroatoms. The molecule has 0 aliphatic carbocycles. The summed E-state index contributed by atoms with van der Waals surface area (Å²) in [6.45, 7) is 1.60. The fourth-order valence-corrected chi connectivity index (χ4v) is 2.81. The topological polar surface area (TPSA) is 118 Å². The van der Waals surface area contributed by atoms with Crippen molar-refractivity contribution < 1.29 is 13.3 Å². The van der Waals surface area contributed by atoms with Crippen molar-refractivity contribution in [1.29, 1.82) is 0 Å². The summed E-state index contributed by atoms with van der Waals surface area (Å²) in [7, 11) is -3.74. The fraction of sp³-hybridized carbons (Fsp3) is 0.182. The van der Waals surface area contributed by atoms with Crippen molar-refractivity contribution in [2.45, 2.75) is 18.0 Å². The minimum atomic E-state index is -3.74. The maximum absolute atomic E-state index is 12.0. The summed E-state index contributed by atoms with van der Waals surface area (Å²) < 4.78 is 26.4. The number of hydrogen-bond donors (Lipinski definition) is 2. The maximum Gasteiger partial charge on any atom is 0.269 e. The molecule has 2 N–H and O–H groups in total. The molecule has 1 atom stereocenters. The van der Waals surface area contributed by atoms with Crippen molar-refractivity contribution in [2.75, 3.05) is 0 Å². The zero-order valence-corrected chi connectivity index (χ0v) is 11.3. The van der Waals surface area contributed by atoms with Crippen LogP contribution in [0.5, 0.6) is 0 Å². The number of aromatic nitrogens is 2. The second-order valence-electron chi connectivity index (χ2n) is 4.12. The fourth-order valence-electron chi connectivity index (χ4n) is 1.66. The van der Waals surface area contributed by atoms with Crippen LogP contribution in [0.15, 0.2) is 41.6 Å². The minimum Gasteiger partial charge on any atom is -0.266 e. The third-order valence-corrected chi connectivity index (χ3v) is 4.15. The number of benzene rings is 1. The molecule has 1 aromatic heterocycles. The van der Waals surface area contributed by atoms with Gasteiger partial charge in [-0.1, -0.05) is 12.1 Å². The van der Waals surface area contributed by atoms with Gasteiger partial charge in [-0.15, -0.1) is 0 Å². The molecule has 20 heavy (non-hydrogen) atoms. The molecule has 2 aromatic rings. The molecule has 0 fully saturated rings. The predicted molar refractivity (Wildman–Crippen MR) is 70.4 cm³/mol. The van der Waals surface area contributed by atoms with Gasteiger partial charge in [0, 0.05) is 18.2 Å². The van der Waals surface area contributed by atoms with E-state index >= 15 is 0 Å². The molecular weight excluding hydrogens is 284 g/mol. The van der Waals surface area contributed by atoms with Crippen LogP contribution in [0, 0.1) is 10.1 Å². The lowest BCUT2D eigenvalue weighted by atomic mass is 10.1. The van der Waals surface area contributed by atoms with E-state index in [9.17, 15) is 18.5 Å². The van der Waals surface area contributed by atoms with Crippen LogP contribution >= 0.6 is 0 Å². The Morgan fingerprint density at radius 3 is 2.75 bits per heavy atom. The molecule has 0 bridgehead atoms. The number of sulfonamides is 1. The van der Waals surface area contributed by atoms with E-state index in [1.165, 1.54) is 30.5 Å². The van der Waals surface area contributed by atoms with E-state index < -0.39 is 21.0 Å². The van der Waals surface area contributed by atoms with Crippen molar-refractivity contribution in [3.8, 4) is 0 Å². The molecule has 0 radical (unpaired) electrons. The highest BCUT2D eigenvalue weighted by Gasteiger charge is 2.20. The molecule has 8 nitrogen and oxygen atoms in total. The van der Waals surface area contributed by atoms with Crippen molar-refractivity contribution in [3.05, 3.63) is 52.2 Å². The molecule has 0 amide bonds. The first kappa shape index (κ1) is 14.2. The van der Waals surface area contributed by atoms with E-state index in [1.54, 1.807) is 13.0 Å². The second kappa shape index (κ2) is 5.39. The molecule has 2 rings (SSSR count). The summed E-state index contributed by atoms with van der Waals surface area (Å²) in [5.74, 6) is 0. The van der Waals surface area contributed by atoms with Gasteiger partial charge in [-0.2, -0.15) is 5.10 Å². The molecular formula is C11H12N4O4S. The van der Waals surface area contributed by atoms with Crippen molar-refractivity contribution in [3.63, 3.8) is 0 Å². The van der Waals surface area contributed by atoms with Gasteiger partial charge in [0.25, 0.3) is 15.7 Å². The van der Waals surface area contributed by atoms with E-state index in [0.717, 1.165) is 0 Å². The maximum atomic E-state index is 12.0. The molecule has 0 aliphatic rings. The Morgan fingerprint density at radius 1 is 1.40 bits per heavy atom. The number of rotatable bonds is 5. The Kier molecular flexibility index (Phi) is 3.81. The van der Waals surface area contributed by atoms with Gasteiger partial charge in [-0.3, -0.25) is 15.2 Å². The smallest absolute Gasteiger partial charge is 0.266 e. The van der Waals surface area contributed by atoms with Crippen molar-refractivity contribution in [1.82, 2.24) is 14.9 Å². The number of non-ortho nitro benzene ring substituents is 1. The summed E-state index contributed by atoms with van der Waals surface area (Å²) in [5.41, 5.74) is 0.414. The first-order valence-corrected chi connectivity index (χ1v) is 7.14. The van der Waals surface area contributed by atoms with E-state index in [0.29, 0.717) is 5.56 Å². The molecule has 1 unspecified atom stereocenters. The van der Waals surface area contributed by atoms with Crippen LogP contribution in [0.4, 0.5) is 5.69 Å². The molecule has 0 aliphatic heterocycles. The zero-order valence-electron chi connectivity index (χ0n) is 10.5. The molecule has 106 valence electrons. The number of hydrogen-bond acceptors (Lipinski definition) is 5. The van der Waals surface area contributed by atoms with Crippen LogP contribution in [-0.2, 0) is 10.0 Å². The predicted octanol–water partition coefficient (Wildman–Crippen LogP) is 1.36. The molecule has 1 heterocycles. The number of nitrogens with one attached hydrogen (secondary N) is 2. The van der Waals surface area contributed by atoms with Gasteiger partial charge in [-0.25, -0.2) is 13.1 Å². The quantitative estimate of drug-likeness (QED) is 0.638. The summed E-state index contributed by atoms with van der Waals surface area (Å²) >= 11 is 0. The number of nitrogens with zero attached hydrogens (tertiary/aromatic N) is 2. The first-order chi connectivity index (χ1) is 9.40. The highest BCUT2D eigenvalue weighted by Crippen LogP contribution is 2.20. The van der Waals surface area contributed by atoms with Crippen LogP contribution in [0.3, 0.4) is 0 Å². The molecule has 0 saturated carbocycles. The standard InChI is InChI=1S/C11H12N4O4S/c1-8(9-3-2-4-10(7-9)15(16)17)14-20(18,19)11-5-6-12-13-11/h2-8,14H,1H3,(H,12,13). The van der Waals surface area contributed by atoms with Crippen molar-refractivity contribution in [2.24, 2.45) is 0 Å². The lowest BCUT2D eigenvalue weighted by molar-refractivity contribution is -0.384. The van der Waals surface area contributed by atoms with Crippen LogP contribution in [0.1, 0.15) is 18.5 Å². The van der Waals surface area contributed by atoms with E-state index in [2.05, 4.69) is 14.9 Å². The van der Waals surface area contributed by atoms with Gasteiger partial charge in [-0.05, 0) is 18.6 Å². The van der Waals surface area contributed by atoms with Crippen LogP contribution in [-0.4, -0.2) is 23.5 Å². The average molecular weight is 296 g/mol.